The van der Waals surface area contributed by atoms with Crippen LogP contribution < -0.4 is 0 Å². The van der Waals surface area contributed by atoms with Crippen LogP contribution in [0.25, 0.3) is 0 Å². The lowest BCUT2D eigenvalue weighted by Gasteiger charge is -2.01. The maximum Gasteiger partial charge on any atom is 0.419 e. The molecule has 0 aliphatic carbocycles. The Labute approximate surface area is 50.8 Å². The van der Waals surface area contributed by atoms with E-state index in [2.05, 4.69) is 4.74 Å². The number of imide groups is 1. The molecule has 9 heavy (non-hydrogen) atoms. The van der Waals surface area contributed by atoms with Crippen molar-refractivity contribution < 1.29 is 19.4 Å². The molecule has 1 saturated heterocycles. The van der Waals surface area contributed by atoms with Gasteiger partial charge in [-0.15, -0.1) is 0 Å². The average molecular weight is 131 g/mol. The molecule has 0 radical (unpaired) electrons. The lowest BCUT2D eigenvalue weighted by molar-refractivity contribution is 0.140. The van der Waals surface area contributed by atoms with E-state index in [1.165, 1.54) is 0 Å². The van der Waals surface area contributed by atoms with Crippen LogP contribution in [0, 0.1) is 0 Å². The number of ether oxygens (including phenoxy) is 1. The van der Waals surface area contributed by atoms with E-state index in [-0.39, 0.29) is 13.2 Å². The van der Waals surface area contributed by atoms with Crippen LogP contribution in [0.4, 0.5) is 9.59 Å². The van der Waals surface area contributed by atoms with Gasteiger partial charge in [0.15, 0.2) is 0 Å². The number of carbonyl (C=O) groups excluding carboxylic acids is 1. The molecule has 0 aromatic carbocycles. The van der Waals surface area contributed by atoms with Crippen LogP contribution in [-0.2, 0) is 4.74 Å². The topological polar surface area (TPSA) is 66.8 Å². The Morgan fingerprint density at radius 2 is 2.44 bits per heavy atom. The number of hydrogen-bond acceptors (Lipinski definition) is 3. The molecule has 0 aromatic heterocycles. The van der Waals surface area contributed by atoms with Gasteiger partial charge in [-0.05, 0) is 0 Å². The average Bonchev–Trinajstić information content (AvgIpc) is 2.13. The van der Waals surface area contributed by atoms with Gasteiger partial charge in [0.2, 0.25) is 0 Å². The van der Waals surface area contributed by atoms with Crippen LogP contribution >= 0.6 is 0 Å². The summed E-state index contributed by atoms with van der Waals surface area (Å²) in [6, 6.07) is 0. The minimum absolute atomic E-state index is 0.147. The van der Waals surface area contributed by atoms with Crippen LogP contribution in [0.15, 0.2) is 0 Å². The van der Waals surface area contributed by atoms with Crippen molar-refractivity contribution >= 4 is 12.2 Å². The van der Waals surface area contributed by atoms with Gasteiger partial charge in [0.1, 0.15) is 6.61 Å². The normalized spacial score (nSPS) is 17.8. The van der Waals surface area contributed by atoms with Crippen LogP contribution in [0.2, 0.25) is 0 Å². The summed E-state index contributed by atoms with van der Waals surface area (Å²) in [6.07, 6.45) is -2.03. The van der Waals surface area contributed by atoms with Gasteiger partial charge in [-0.3, -0.25) is 0 Å². The largest absolute Gasteiger partial charge is 0.465 e. The standard InChI is InChI=1S/C4H5NO4/c6-3(7)5-1-2-9-4(5)8/h1-2H2,(H,6,7). The van der Waals surface area contributed by atoms with Crippen molar-refractivity contribution in [2.24, 2.45) is 0 Å². The molecule has 0 saturated carbocycles. The van der Waals surface area contributed by atoms with Gasteiger partial charge in [-0.2, -0.15) is 0 Å². The number of nitrogens with zero attached hydrogens (tertiary/aromatic N) is 1. The fourth-order valence-corrected chi connectivity index (χ4v) is 0.567. The van der Waals surface area contributed by atoms with E-state index in [4.69, 9.17) is 5.11 Å². The zero-order chi connectivity index (χ0) is 6.85. The van der Waals surface area contributed by atoms with Crippen molar-refractivity contribution in [1.82, 2.24) is 4.90 Å². The first-order chi connectivity index (χ1) is 4.22. The first kappa shape index (κ1) is 5.87. The van der Waals surface area contributed by atoms with Crippen molar-refractivity contribution in [3.8, 4) is 0 Å². The molecule has 5 nitrogen and oxygen atoms in total. The van der Waals surface area contributed by atoms with Gasteiger partial charge in [-0.1, -0.05) is 0 Å². The summed E-state index contributed by atoms with van der Waals surface area (Å²) >= 11 is 0. The van der Waals surface area contributed by atoms with Crippen LogP contribution in [0.5, 0.6) is 0 Å². The number of rotatable bonds is 0. The second-order valence-corrected chi connectivity index (χ2v) is 1.55. The van der Waals surface area contributed by atoms with Gasteiger partial charge in [0.05, 0.1) is 6.54 Å². The molecule has 0 unspecified atom stereocenters. The predicted octanol–water partition coefficient (Wildman–Crippen LogP) is 0.117. The number of cyclic esters (lactones) is 1. The second kappa shape index (κ2) is 1.93. The summed E-state index contributed by atoms with van der Waals surface area (Å²) in [5, 5.41) is 8.21. The zero-order valence-electron chi connectivity index (χ0n) is 4.53. The van der Waals surface area contributed by atoms with Crippen LogP contribution in [0.3, 0.4) is 0 Å². The minimum Gasteiger partial charge on any atom is -0.465 e. The summed E-state index contributed by atoms with van der Waals surface area (Å²) in [4.78, 5) is 21.0. The van der Waals surface area contributed by atoms with E-state index in [0.29, 0.717) is 4.90 Å². The van der Waals surface area contributed by atoms with E-state index in [9.17, 15) is 9.59 Å². The van der Waals surface area contributed by atoms with Crippen molar-refractivity contribution in [3.05, 3.63) is 0 Å². The van der Waals surface area contributed by atoms with Crippen LogP contribution in [-0.4, -0.2) is 35.3 Å². The lowest BCUT2D eigenvalue weighted by atomic mass is 10.7. The first-order valence-electron chi connectivity index (χ1n) is 2.39. The summed E-state index contributed by atoms with van der Waals surface area (Å²) in [7, 11) is 0. The monoisotopic (exact) mass is 131 g/mol. The molecule has 1 N–H and O–H groups in total. The number of carboxylic acid groups (broad SMARTS) is 1. The Kier molecular flexibility index (Phi) is 1.26. The number of carbonyl (C=O) groups is 2. The third kappa shape index (κ3) is 0.933. The molecule has 0 spiro atoms. The quantitative estimate of drug-likeness (QED) is 0.506. The molecule has 1 rings (SSSR count). The first-order valence-corrected chi connectivity index (χ1v) is 2.39. The smallest absolute Gasteiger partial charge is 0.419 e. The lowest BCUT2D eigenvalue weighted by Crippen LogP contribution is -2.29. The molecule has 5 heteroatoms. The molecule has 50 valence electrons. The van der Waals surface area contributed by atoms with Gasteiger partial charge >= 0.3 is 12.2 Å². The van der Waals surface area contributed by atoms with E-state index < -0.39 is 12.2 Å². The Morgan fingerprint density at radius 3 is 2.67 bits per heavy atom. The van der Waals surface area contributed by atoms with Crippen molar-refractivity contribution in [1.29, 1.82) is 0 Å². The third-order valence-electron chi connectivity index (χ3n) is 0.992. The van der Waals surface area contributed by atoms with Gasteiger partial charge in [-0.25, -0.2) is 14.5 Å². The molecule has 1 aliphatic rings. The highest BCUT2D eigenvalue weighted by atomic mass is 16.6. The fourth-order valence-electron chi connectivity index (χ4n) is 0.567. The zero-order valence-corrected chi connectivity index (χ0v) is 4.53. The van der Waals surface area contributed by atoms with Crippen molar-refractivity contribution in [2.75, 3.05) is 13.2 Å². The Balaban J connectivity index is 2.60. The summed E-state index contributed by atoms with van der Waals surface area (Å²) < 4.78 is 4.33. The maximum absolute atomic E-state index is 10.3. The van der Waals surface area contributed by atoms with E-state index in [1.54, 1.807) is 0 Å². The van der Waals surface area contributed by atoms with Gasteiger partial charge in [0, 0.05) is 0 Å². The SMILES string of the molecule is O=C(O)N1CCOC1=O. The molecule has 2 amide bonds. The molecule has 1 heterocycles. The summed E-state index contributed by atoms with van der Waals surface area (Å²) in [5.41, 5.74) is 0. The fraction of sp³-hybridized carbons (Fsp3) is 0.500. The highest BCUT2D eigenvalue weighted by Crippen LogP contribution is 2.01. The van der Waals surface area contributed by atoms with Gasteiger partial charge in [0.25, 0.3) is 0 Å². The Hall–Kier alpha value is -1.26. The van der Waals surface area contributed by atoms with Crippen molar-refractivity contribution in [2.45, 2.75) is 0 Å². The number of amides is 2. The van der Waals surface area contributed by atoms with Crippen molar-refractivity contribution in [3.63, 3.8) is 0 Å². The highest BCUT2D eigenvalue weighted by molar-refractivity contribution is 5.87. The second-order valence-electron chi connectivity index (χ2n) is 1.55. The molecule has 1 fully saturated rings. The summed E-state index contributed by atoms with van der Waals surface area (Å²) in [5.74, 6) is 0. The molecule has 0 bridgehead atoms. The van der Waals surface area contributed by atoms with E-state index in [1.807, 2.05) is 0 Å². The summed E-state index contributed by atoms with van der Waals surface area (Å²) in [6.45, 7) is 0.319. The molecule has 1 aliphatic heterocycles. The van der Waals surface area contributed by atoms with E-state index in [0.717, 1.165) is 0 Å². The molecular formula is C4H5NO4. The third-order valence-corrected chi connectivity index (χ3v) is 0.992. The van der Waals surface area contributed by atoms with Gasteiger partial charge < -0.3 is 9.84 Å². The highest BCUT2D eigenvalue weighted by Gasteiger charge is 2.27. The van der Waals surface area contributed by atoms with Crippen LogP contribution in [0.1, 0.15) is 0 Å². The Morgan fingerprint density at radius 1 is 1.78 bits per heavy atom. The number of hydrogen-bond donors (Lipinski definition) is 1. The Bertz CT molecular complexity index is 155. The maximum atomic E-state index is 10.3. The molecule has 0 atom stereocenters. The predicted molar refractivity (Wildman–Crippen MR) is 26.1 cm³/mol. The van der Waals surface area contributed by atoms with E-state index >= 15 is 0 Å². The molecule has 0 aromatic rings. The molecular weight excluding hydrogens is 126 g/mol. The minimum atomic E-state index is -1.25.